The first kappa shape index (κ1) is 10.8. The molecule has 1 aromatic carbocycles. The maximum Gasteiger partial charge on any atom is 0.0419 e. The Kier molecular flexibility index (Phi) is 3.12. The van der Waals surface area contributed by atoms with Crippen molar-refractivity contribution in [2.45, 2.75) is 19.5 Å². The summed E-state index contributed by atoms with van der Waals surface area (Å²) in [4.78, 5) is 1.39. The smallest absolute Gasteiger partial charge is 0.0419 e. The van der Waals surface area contributed by atoms with Crippen molar-refractivity contribution in [3.05, 3.63) is 51.7 Å². The maximum atomic E-state index is 3.50. The van der Waals surface area contributed by atoms with Gasteiger partial charge >= 0.3 is 0 Å². The van der Waals surface area contributed by atoms with E-state index in [9.17, 15) is 0 Å². The fraction of sp³-hybridized carbons (Fsp3) is 0.286. The van der Waals surface area contributed by atoms with Crippen LogP contribution in [0.5, 0.6) is 0 Å². The summed E-state index contributed by atoms with van der Waals surface area (Å²) in [7, 11) is 0. The second-order valence-electron chi connectivity index (χ2n) is 4.31. The van der Waals surface area contributed by atoms with E-state index in [2.05, 4.69) is 46.3 Å². The zero-order valence-electron chi connectivity index (χ0n) is 9.70. The highest BCUT2D eigenvalue weighted by Gasteiger charge is 2.12. The maximum absolute atomic E-state index is 3.50. The average Bonchev–Trinajstić information content (AvgIpc) is 2.99. The predicted molar refractivity (Wildman–Crippen MR) is 73.5 cm³/mol. The molecule has 88 valence electrons. The summed E-state index contributed by atoms with van der Waals surface area (Å²) in [6, 6.07) is 10.9. The van der Waals surface area contributed by atoms with E-state index in [1.54, 1.807) is 11.3 Å². The summed E-state index contributed by atoms with van der Waals surface area (Å²) in [5.41, 5.74) is 4.20. The normalized spacial score (nSPS) is 13.4. The summed E-state index contributed by atoms with van der Waals surface area (Å²) in [6.45, 7) is 2.98. The van der Waals surface area contributed by atoms with E-state index in [4.69, 9.17) is 0 Å². The van der Waals surface area contributed by atoms with Crippen LogP contribution in [-0.4, -0.2) is 6.54 Å². The third-order valence-corrected chi connectivity index (χ3v) is 4.00. The molecule has 1 aromatic heterocycles. The number of nitrogens with one attached hydrogen (secondary N) is 2. The molecule has 0 amide bonds. The molecule has 0 radical (unpaired) electrons. The van der Waals surface area contributed by atoms with Gasteiger partial charge < -0.3 is 10.6 Å². The van der Waals surface area contributed by atoms with Crippen molar-refractivity contribution in [3.63, 3.8) is 0 Å². The van der Waals surface area contributed by atoms with Crippen LogP contribution in [0.3, 0.4) is 0 Å². The van der Waals surface area contributed by atoms with Crippen LogP contribution in [-0.2, 0) is 19.5 Å². The molecule has 3 rings (SSSR count). The van der Waals surface area contributed by atoms with Gasteiger partial charge in [-0.25, -0.2) is 0 Å². The van der Waals surface area contributed by atoms with Crippen LogP contribution < -0.4 is 10.6 Å². The molecule has 2 heterocycles. The Balaban J connectivity index is 1.64. The minimum absolute atomic E-state index is 0.939. The molecule has 2 aromatic rings. The van der Waals surface area contributed by atoms with Gasteiger partial charge in [0.1, 0.15) is 0 Å². The van der Waals surface area contributed by atoms with Gasteiger partial charge in [-0.3, -0.25) is 0 Å². The number of hydrogen-bond acceptors (Lipinski definition) is 3. The summed E-state index contributed by atoms with van der Waals surface area (Å²) in [6.07, 6.45) is 1.16. The largest absolute Gasteiger partial charge is 0.384 e. The molecule has 0 bridgehead atoms. The number of para-hydroxylation sites is 1. The zero-order chi connectivity index (χ0) is 11.5. The lowest BCUT2D eigenvalue weighted by Crippen LogP contribution is -2.12. The molecule has 2 nitrogen and oxygen atoms in total. The number of rotatable bonds is 4. The van der Waals surface area contributed by atoms with Gasteiger partial charge in [-0.1, -0.05) is 24.3 Å². The minimum Gasteiger partial charge on any atom is -0.384 e. The van der Waals surface area contributed by atoms with Gasteiger partial charge in [0.25, 0.3) is 0 Å². The van der Waals surface area contributed by atoms with E-state index in [-0.39, 0.29) is 0 Å². The highest BCUT2D eigenvalue weighted by molar-refractivity contribution is 7.09. The van der Waals surface area contributed by atoms with E-state index >= 15 is 0 Å². The van der Waals surface area contributed by atoms with Crippen LogP contribution in [0, 0.1) is 0 Å². The Morgan fingerprint density at radius 1 is 1.18 bits per heavy atom. The average molecular weight is 244 g/mol. The third-order valence-electron chi connectivity index (χ3n) is 3.13. The Morgan fingerprint density at radius 3 is 3.06 bits per heavy atom. The Labute approximate surface area is 106 Å². The molecule has 2 N–H and O–H groups in total. The molecule has 0 aliphatic carbocycles. The molecule has 17 heavy (non-hydrogen) atoms. The standard InChI is InChI=1S/C14H16N2S/c1-3-11-6-7-16-14(11)12(4-1)9-15-10-13-5-2-8-17-13/h1-5,8,15-16H,6-7,9-10H2. The quantitative estimate of drug-likeness (QED) is 0.864. The molecule has 0 saturated carbocycles. The van der Waals surface area contributed by atoms with Crippen molar-refractivity contribution >= 4 is 17.0 Å². The van der Waals surface area contributed by atoms with Crippen LogP contribution in [0.4, 0.5) is 5.69 Å². The lowest BCUT2D eigenvalue weighted by Gasteiger charge is -2.09. The van der Waals surface area contributed by atoms with E-state index in [1.165, 1.54) is 21.7 Å². The second kappa shape index (κ2) is 4.90. The first-order valence-electron chi connectivity index (χ1n) is 6.01. The second-order valence-corrected chi connectivity index (χ2v) is 5.34. The van der Waals surface area contributed by atoms with Crippen LogP contribution in [0.15, 0.2) is 35.7 Å². The molecular formula is C14H16N2S. The van der Waals surface area contributed by atoms with Crippen LogP contribution in [0.25, 0.3) is 0 Å². The minimum atomic E-state index is 0.939. The van der Waals surface area contributed by atoms with E-state index < -0.39 is 0 Å². The fourth-order valence-corrected chi connectivity index (χ4v) is 2.97. The molecule has 1 aliphatic rings. The molecule has 3 heteroatoms. The summed E-state index contributed by atoms with van der Waals surface area (Å²) in [5.74, 6) is 0. The van der Waals surface area contributed by atoms with Crippen molar-refractivity contribution in [1.82, 2.24) is 5.32 Å². The molecule has 1 aliphatic heterocycles. The number of hydrogen-bond donors (Lipinski definition) is 2. The van der Waals surface area contributed by atoms with Crippen molar-refractivity contribution in [2.24, 2.45) is 0 Å². The molecule has 0 fully saturated rings. The van der Waals surface area contributed by atoms with E-state index in [0.29, 0.717) is 0 Å². The van der Waals surface area contributed by atoms with Gasteiger partial charge in [-0.15, -0.1) is 11.3 Å². The van der Waals surface area contributed by atoms with Crippen molar-refractivity contribution in [2.75, 3.05) is 11.9 Å². The summed E-state index contributed by atoms with van der Waals surface area (Å²) < 4.78 is 0. The molecular weight excluding hydrogens is 228 g/mol. The highest BCUT2D eigenvalue weighted by atomic mass is 32.1. The molecule has 0 saturated heterocycles. The van der Waals surface area contributed by atoms with Crippen molar-refractivity contribution in [3.8, 4) is 0 Å². The van der Waals surface area contributed by atoms with Gasteiger partial charge in [-0.2, -0.15) is 0 Å². The van der Waals surface area contributed by atoms with E-state index in [0.717, 1.165) is 26.1 Å². The Bertz CT molecular complexity index is 491. The lowest BCUT2D eigenvalue weighted by molar-refractivity contribution is 0.702. The third kappa shape index (κ3) is 2.35. The van der Waals surface area contributed by atoms with E-state index in [1.807, 2.05) is 0 Å². The van der Waals surface area contributed by atoms with Crippen LogP contribution in [0.1, 0.15) is 16.0 Å². The molecule has 0 spiro atoms. The predicted octanol–water partition coefficient (Wildman–Crippen LogP) is 3.01. The van der Waals surface area contributed by atoms with Crippen molar-refractivity contribution in [1.29, 1.82) is 0 Å². The van der Waals surface area contributed by atoms with Crippen LogP contribution >= 0.6 is 11.3 Å². The van der Waals surface area contributed by atoms with Gasteiger partial charge in [0.05, 0.1) is 0 Å². The van der Waals surface area contributed by atoms with Gasteiger partial charge in [0, 0.05) is 30.2 Å². The van der Waals surface area contributed by atoms with Gasteiger partial charge in [0.2, 0.25) is 0 Å². The number of fused-ring (bicyclic) bond motifs is 1. The first-order valence-corrected chi connectivity index (χ1v) is 6.89. The SMILES string of the molecule is c1csc(CNCc2cccc3c2NCC3)c1. The molecule has 0 atom stereocenters. The Hall–Kier alpha value is -1.32. The molecule has 0 unspecified atom stereocenters. The number of thiophene rings is 1. The highest BCUT2D eigenvalue weighted by Crippen LogP contribution is 2.26. The lowest BCUT2D eigenvalue weighted by atomic mass is 10.1. The Morgan fingerprint density at radius 2 is 2.18 bits per heavy atom. The topological polar surface area (TPSA) is 24.1 Å². The van der Waals surface area contributed by atoms with Gasteiger partial charge in [0.15, 0.2) is 0 Å². The number of anilines is 1. The fourth-order valence-electron chi connectivity index (χ4n) is 2.29. The van der Waals surface area contributed by atoms with Crippen molar-refractivity contribution < 1.29 is 0 Å². The van der Waals surface area contributed by atoms with Crippen LogP contribution in [0.2, 0.25) is 0 Å². The number of benzene rings is 1. The summed E-state index contributed by atoms with van der Waals surface area (Å²) >= 11 is 1.81. The summed E-state index contributed by atoms with van der Waals surface area (Å²) in [5, 5.41) is 9.10. The zero-order valence-corrected chi connectivity index (χ0v) is 10.5. The monoisotopic (exact) mass is 244 g/mol. The van der Waals surface area contributed by atoms with Gasteiger partial charge in [-0.05, 0) is 29.0 Å². The first-order chi connectivity index (χ1) is 8.43.